The quantitative estimate of drug-likeness (QED) is 0.470. The second-order valence-electron chi connectivity index (χ2n) is 5.31. The van der Waals surface area contributed by atoms with E-state index in [1.807, 2.05) is 30.3 Å². The maximum atomic E-state index is 12.3. The topological polar surface area (TPSA) is 15.8 Å². The molecule has 0 spiro atoms. The predicted octanol–water partition coefficient (Wildman–Crippen LogP) is 5.93. The van der Waals surface area contributed by atoms with Crippen molar-refractivity contribution in [2.24, 2.45) is 0 Å². The summed E-state index contributed by atoms with van der Waals surface area (Å²) >= 11 is 0. The Morgan fingerprint density at radius 2 is 1.55 bits per heavy atom. The Bertz CT molecular complexity index is 978. The number of aromatic amines is 1. The normalized spacial score (nSPS) is 11.7. The zero-order valence-electron chi connectivity index (χ0n) is 11.9. The Morgan fingerprint density at radius 1 is 0.773 bits per heavy atom. The van der Waals surface area contributed by atoms with Gasteiger partial charge in [0.25, 0.3) is 0 Å². The summed E-state index contributed by atoms with van der Waals surface area (Å²) in [6.45, 7) is 0. The fraction of sp³-hybridized carbons (Fsp3) is 0. The third-order valence-corrected chi connectivity index (χ3v) is 4.01. The molecular weight excluding hydrogens is 273 g/mol. The van der Waals surface area contributed by atoms with E-state index < -0.39 is 0 Å². The molecule has 1 nitrogen and oxygen atoms in total. The van der Waals surface area contributed by atoms with Gasteiger partial charge in [-0.05, 0) is 34.9 Å². The van der Waals surface area contributed by atoms with Crippen molar-refractivity contribution in [3.8, 4) is 11.1 Å². The largest absolute Gasteiger partial charge is 0.354 e. The van der Waals surface area contributed by atoms with Crippen LogP contribution in [0.5, 0.6) is 0 Å². The minimum atomic E-state index is 0.565. The first-order valence-corrected chi connectivity index (χ1v) is 7.23. The highest BCUT2D eigenvalue weighted by Gasteiger charge is 2.09. The van der Waals surface area contributed by atoms with Crippen LogP contribution in [0.1, 0.15) is 5.56 Å². The second-order valence-corrected chi connectivity index (χ2v) is 5.31. The van der Waals surface area contributed by atoms with Crippen molar-refractivity contribution >= 4 is 27.9 Å². The van der Waals surface area contributed by atoms with Gasteiger partial charge in [-0.15, -0.1) is 0 Å². The zero-order chi connectivity index (χ0) is 14.9. The van der Waals surface area contributed by atoms with E-state index in [4.69, 9.17) is 0 Å². The molecule has 4 aromatic rings. The Morgan fingerprint density at radius 3 is 2.36 bits per heavy atom. The number of rotatable bonds is 2. The minimum absolute atomic E-state index is 0.565. The number of benzene rings is 3. The van der Waals surface area contributed by atoms with E-state index in [0.29, 0.717) is 6.33 Å². The van der Waals surface area contributed by atoms with Gasteiger partial charge in [-0.3, -0.25) is 0 Å². The van der Waals surface area contributed by atoms with Gasteiger partial charge in [-0.1, -0.05) is 54.6 Å². The third kappa shape index (κ3) is 2.01. The van der Waals surface area contributed by atoms with Crippen LogP contribution >= 0.6 is 0 Å². The molecule has 0 saturated carbocycles. The number of nitrogens with one attached hydrogen (secondary N) is 1. The van der Waals surface area contributed by atoms with E-state index in [9.17, 15) is 4.39 Å². The molecule has 22 heavy (non-hydrogen) atoms. The average Bonchev–Trinajstić information content (AvgIpc) is 2.94. The van der Waals surface area contributed by atoms with Crippen LogP contribution in [0.25, 0.3) is 39.0 Å². The van der Waals surface area contributed by atoms with Crippen LogP contribution in [-0.4, -0.2) is 4.98 Å². The first kappa shape index (κ1) is 12.8. The van der Waals surface area contributed by atoms with E-state index in [2.05, 4.69) is 41.4 Å². The first-order valence-electron chi connectivity index (χ1n) is 7.23. The zero-order valence-corrected chi connectivity index (χ0v) is 11.9. The fourth-order valence-electron chi connectivity index (χ4n) is 2.99. The SMILES string of the molecule is FC=Cc1ccc(-c2cccc3[nH]c4ccccc4c23)cc1. The fourth-order valence-corrected chi connectivity index (χ4v) is 2.99. The van der Waals surface area contributed by atoms with Crippen molar-refractivity contribution in [3.63, 3.8) is 0 Å². The Labute approximate surface area is 127 Å². The van der Waals surface area contributed by atoms with Gasteiger partial charge in [-0.25, -0.2) is 4.39 Å². The van der Waals surface area contributed by atoms with E-state index in [-0.39, 0.29) is 0 Å². The summed E-state index contributed by atoms with van der Waals surface area (Å²) < 4.78 is 12.3. The van der Waals surface area contributed by atoms with E-state index in [0.717, 1.165) is 22.2 Å². The molecule has 1 N–H and O–H groups in total. The lowest BCUT2D eigenvalue weighted by Crippen LogP contribution is -1.80. The van der Waals surface area contributed by atoms with Crippen molar-refractivity contribution in [1.29, 1.82) is 0 Å². The molecule has 4 rings (SSSR count). The van der Waals surface area contributed by atoms with Gasteiger partial charge in [0, 0.05) is 21.8 Å². The van der Waals surface area contributed by atoms with Gasteiger partial charge in [0.2, 0.25) is 0 Å². The molecule has 3 aromatic carbocycles. The van der Waals surface area contributed by atoms with Crippen LogP contribution < -0.4 is 0 Å². The van der Waals surface area contributed by atoms with Crippen LogP contribution in [0.2, 0.25) is 0 Å². The number of H-pyrrole nitrogens is 1. The number of hydrogen-bond acceptors (Lipinski definition) is 0. The standard InChI is InChI=1S/C20H14FN/c21-13-12-14-8-10-15(11-9-14)16-5-3-7-19-20(16)17-4-1-2-6-18(17)22-19/h1-13,22H. The first-order chi connectivity index (χ1) is 10.9. The molecule has 0 aliphatic rings. The summed E-state index contributed by atoms with van der Waals surface area (Å²) in [7, 11) is 0. The summed E-state index contributed by atoms with van der Waals surface area (Å²) in [5, 5.41) is 2.45. The maximum Gasteiger partial charge on any atom is 0.0872 e. The van der Waals surface area contributed by atoms with Crippen molar-refractivity contribution in [3.05, 3.63) is 78.6 Å². The van der Waals surface area contributed by atoms with Crippen LogP contribution in [0.4, 0.5) is 4.39 Å². The summed E-state index contributed by atoms with van der Waals surface area (Å²) in [4.78, 5) is 3.46. The molecule has 0 atom stereocenters. The number of para-hydroxylation sites is 1. The molecule has 0 radical (unpaired) electrons. The molecule has 0 amide bonds. The lowest BCUT2D eigenvalue weighted by atomic mass is 9.98. The van der Waals surface area contributed by atoms with Gasteiger partial charge >= 0.3 is 0 Å². The number of halogens is 1. The summed E-state index contributed by atoms with van der Waals surface area (Å²) in [6, 6.07) is 22.5. The highest BCUT2D eigenvalue weighted by Crippen LogP contribution is 2.34. The van der Waals surface area contributed by atoms with Gasteiger partial charge in [0.15, 0.2) is 0 Å². The molecule has 0 fully saturated rings. The lowest BCUT2D eigenvalue weighted by Gasteiger charge is -2.05. The molecule has 0 aliphatic carbocycles. The number of hydrogen-bond donors (Lipinski definition) is 1. The van der Waals surface area contributed by atoms with Crippen LogP contribution in [0, 0.1) is 0 Å². The van der Waals surface area contributed by atoms with Crippen LogP contribution in [-0.2, 0) is 0 Å². The van der Waals surface area contributed by atoms with Crippen molar-refractivity contribution in [1.82, 2.24) is 4.98 Å². The highest BCUT2D eigenvalue weighted by atomic mass is 19.1. The average molecular weight is 287 g/mol. The molecule has 0 aliphatic heterocycles. The molecule has 0 bridgehead atoms. The molecular formula is C20H14FN. The monoisotopic (exact) mass is 287 g/mol. The van der Waals surface area contributed by atoms with Gasteiger partial charge in [0.1, 0.15) is 0 Å². The molecule has 0 unspecified atom stereocenters. The van der Waals surface area contributed by atoms with E-state index in [1.165, 1.54) is 22.4 Å². The Kier molecular flexibility index (Phi) is 3.01. The van der Waals surface area contributed by atoms with Crippen LogP contribution in [0.15, 0.2) is 73.1 Å². The maximum absolute atomic E-state index is 12.3. The van der Waals surface area contributed by atoms with Crippen molar-refractivity contribution in [2.45, 2.75) is 0 Å². The molecule has 2 heteroatoms. The van der Waals surface area contributed by atoms with E-state index >= 15 is 0 Å². The van der Waals surface area contributed by atoms with Crippen LogP contribution in [0.3, 0.4) is 0 Å². The number of aromatic nitrogens is 1. The smallest absolute Gasteiger partial charge is 0.0872 e. The molecule has 1 heterocycles. The van der Waals surface area contributed by atoms with Gasteiger partial charge in [-0.2, -0.15) is 0 Å². The highest BCUT2D eigenvalue weighted by molar-refractivity contribution is 6.14. The van der Waals surface area contributed by atoms with Crippen molar-refractivity contribution < 1.29 is 4.39 Å². The molecule has 0 saturated heterocycles. The van der Waals surface area contributed by atoms with E-state index in [1.54, 1.807) is 0 Å². The molecule has 106 valence electrons. The summed E-state index contributed by atoms with van der Waals surface area (Å²) in [6.07, 6.45) is 2.02. The van der Waals surface area contributed by atoms with Gasteiger partial charge in [0.05, 0.1) is 6.33 Å². The molecule has 1 aromatic heterocycles. The number of fused-ring (bicyclic) bond motifs is 3. The van der Waals surface area contributed by atoms with Gasteiger partial charge < -0.3 is 4.98 Å². The summed E-state index contributed by atoms with van der Waals surface area (Å²) in [5.74, 6) is 0. The van der Waals surface area contributed by atoms with Crippen molar-refractivity contribution in [2.75, 3.05) is 0 Å². The Balaban J connectivity index is 1.98. The minimum Gasteiger partial charge on any atom is -0.354 e. The predicted molar refractivity (Wildman–Crippen MR) is 91.4 cm³/mol. The third-order valence-electron chi connectivity index (χ3n) is 4.01. The lowest BCUT2D eigenvalue weighted by molar-refractivity contribution is 0.727. The summed E-state index contributed by atoms with van der Waals surface area (Å²) in [5.41, 5.74) is 5.45. The Hall–Kier alpha value is -2.87. The second kappa shape index (κ2) is 5.15.